The molecule has 0 aliphatic heterocycles. The van der Waals surface area contributed by atoms with E-state index in [-0.39, 0.29) is 29.0 Å². The smallest absolute Gasteiger partial charge is 0.259 e. The number of nitrogens with one attached hydrogen (secondary N) is 1. The Morgan fingerprint density at radius 1 is 1.06 bits per heavy atom. The van der Waals surface area contributed by atoms with E-state index in [2.05, 4.69) is 5.32 Å². The van der Waals surface area contributed by atoms with Crippen LogP contribution in [-0.4, -0.2) is 34.9 Å². The van der Waals surface area contributed by atoms with Gasteiger partial charge in [0.05, 0.1) is 6.26 Å². The SMILES string of the molecule is CC(C)CN(C)C(=O)c1cn(C2CCCC2)cc(C(=O)N[C@@H](c2ccccc2)c2ccco2)c1=O. The monoisotopic (exact) mass is 475 g/mol. The molecular formula is C28H33N3O4. The highest BCUT2D eigenvalue weighted by Crippen LogP contribution is 2.30. The minimum atomic E-state index is -0.569. The Bertz CT molecular complexity index is 1210. The second-order valence-electron chi connectivity index (χ2n) is 9.71. The Morgan fingerprint density at radius 3 is 2.37 bits per heavy atom. The molecule has 1 saturated carbocycles. The number of hydrogen-bond acceptors (Lipinski definition) is 4. The molecule has 1 fully saturated rings. The Hall–Kier alpha value is -3.61. The van der Waals surface area contributed by atoms with Gasteiger partial charge in [0, 0.05) is 32.0 Å². The van der Waals surface area contributed by atoms with Gasteiger partial charge in [-0.2, -0.15) is 0 Å². The first kappa shape index (κ1) is 24.5. The van der Waals surface area contributed by atoms with Crippen molar-refractivity contribution in [1.82, 2.24) is 14.8 Å². The van der Waals surface area contributed by atoms with Crippen molar-refractivity contribution < 1.29 is 14.0 Å². The highest BCUT2D eigenvalue weighted by Gasteiger charge is 2.27. The molecule has 3 aromatic rings. The molecule has 4 rings (SSSR count). The second kappa shape index (κ2) is 10.8. The zero-order valence-corrected chi connectivity index (χ0v) is 20.6. The zero-order chi connectivity index (χ0) is 24.9. The molecule has 1 atom stereocenters. The number of pyridine rings is 1. The minimum Gasteiger partial charge on any atom is -0.467 e. The van der Waals surface area contributed by atoms with Crippen LogP contribution >= 0.6 is 0 Å². The van der Waals surface area contributed by atoms with Crippen molar-refractivity contribution in [1.29, 1.82) is 0 Å². The van der Waals surface area contributed by atoms with Crippen LogP contribution in [0.25, 0.3) is 0 Å². The lowest BCUT2D eigenvalue weighted by Crippen LogP contribution is -2.38. The second-order valence-corrected chi connectivity index (χ2v) is 9.71. The normalized spacial score (nSPS) is 14.7. The van der Waals surface area contributed by atoms with Gasteiger partial charge >= 0.3 is 0 Å². The topological polar surface area (TPSA) is 84.6 Å². The third kappa shape index (κ3) is 5.56. The molecule has 7 heteroatoms. The van der Waals surface area contributed by atoms with Gasteiger partial charge in [-0.15, -0.1) is 0 Å². The van der Waals surface area contributed by atoms with E-state index in [1.54, 1.807) is 42.7 Å². The summed E-state index contributed by atoms with van der Waals surface area (Å²) in [6, 6.07) is 12.6. The number of hydrogen-bond donors (Lipinski definition) is 1. The first-order chi connectivity index (χ1) is 16.8. The Kier molecular flexibility index (Phi) is 7.54. The summed E-state index contributed by atoms with van der Waals surface area (Å²) in [6.07, 6.45) is 8.88. The van der Waals surface area contributed by atoms with Gasteiger partial charge in [0.25, 0.3) is 11.8 Å². The van der Waals surface area contributed by atoms with Gasteiger partial charge < -0.3 is 19.2 Å². The zero-order valence-electron chi connectivity index (χ0n) is 20.6. The molecule has 35 heavy (non-hydrogen) atoms. The number of amides is 2. The third-order valence-corrected chi connectivity index (χ3v) is 6.49. The number of carbonyl (C=O) groups is 2. The molecule has 0 spiro atoms. The number of benzene rings is 1. The number of nitrogens with zero attached hydrogens (tertiary/aromatic N) is 2. The molecule has 0 unspecified atom stereocenters. The average molecular weight is 476 g/mol. The summed E-state index contributed by atoms with van der Waals surface area (Å²) >= 11 is 0. The molecule has 0 saturated heterocycles. The maximum atomic E-state index is 13.5. The highest BCUT2D eigenvalue weighted by molar-refractivity contribution is 5.99. The number of carbonyl (C=O) groups excluding carboxylic acids is 2. The highest BCUT2D eigenvalue weighted by atomic mass is 16.3. The number of furan rings is 1. The van der Waals surface area contributed by atoms with E-state index in [0.29, 0.717) is 12.3 Å². The predicted octanol–water partition coefficient (Wildman–Crippen LogP) is 4.80. The lowest BCUT2D eigenvalue weighted by atomic mass is 10.0. The molecule has 1 aliphatic rings. The van der Waals surface area contributed by atoms with Gasteiger partial charge in [-0.3, -0.25) is 14.4 Å². The summed E-state index contributed by atoms with van der Waals surface area (Å²) in [6.45, 7) is 4.55. The van der Waals surface area contributed by atoms with Gasteiger partial charge in [0.15, 0.2) is 0 Å². The standard InChI is InChI=1S/C28H33N3O4/c1-19(2)16-30(3)28(34)23-18-31(21-12-7-8-13-21)17-22(26(23)32)27(33)29-25(24-14-9-15-35-24)20-10-5-4-6-11-20/h4-6,9-11,14-15,17-19,21,25H,7-8,12-13,16H2,1-3H3,(H,29,33)/t25-/m0/s1. The van der Waals surface area contributed by atoms with Crippen LogP contribution in [0.1, 0.15) is 83.7 Å². The summed E-state index contributed by atoms with van der Waals surface area (Å²) < 4.78 is 7.49. The molecule has 0 bridgehead atoms. The summed E-state index contributed by atoms with van der Waals surface area (Å²) in [5, 5.41) is 2.97. The number of rotatable bonds is 8. The van der Waals surface area contributed by atoms with E-state index < -0.39 is 17.4 Å². The fraction of sp³-hybridized carbons (Fsp3) is 0.393. The molecule has 7 nitrogen and oxygen atoms in total. The summed E-state index contributed by atoms with van der Waals surface area (Å²) in [7, 11) is 1.69. The quantitative estimate of drug-likeness (QED) is 0.507. The fourth-order valence-electron chi connectivity index (χ4n) is 4.79. The van der Waals surface area contributed by atoms with Crippen LogP contribution in [0.2, 0.25) is 0 Å². The van der Waals surface area contributed by atoms with Gasteiger partial charge in [0.1, 0.15) is 22.9 Å². The average Bonchev–Trinajstić information content (AvgIpc) is 3.57. The lowest BCUT2D eigenvalue weighted by molar-refractivity contribution is 0.0776. The lowest BCUT2D eigenvalue weighted by Gasteiger charge is -2.22. The van der Waals surface area contributed by atoms with Crippen LogP contribution in [0.4, 0.5) is 0 Å². The first-order valence-corrected chi connectivity index (χ1v) is 12.3. The van der Waals surface area contributed by atoms with Crippen LogP contribution in [0.3, 0.4) is 0 Å². The number of aromatic nitrogens is 1. The van der Waals surface area contributed by atoms with E-state index in [0.717, 1.165) is 31.2 Å². The van der Waals surface area contributed by atoms with Crippen LogP contribution in [0, 0.1) is 5.92 Å². The molecule has 2 aromatic heterocycles. The maximum absolute atomic E-state index is 13.5. The van der Waals surface area contributed by atoms with Crippen molar-refractivity contribution in [3.05, 3.63) is 93.8 Å². The van der Waals surface area contributed by atoms with E-state index in [1.807, 2.05) is 48.7 Å². The molecule has 1 aromatic carbocycles. The Labute approximate surface area is 205 Å². The molecular weight excluding hydrogens is 442 g/mol. The van der Waals surface area contributed by atoms with Crippen LogP contribution in [-0.2, 0) is 0 Å². The van der Waals surface area contributed by atoms with Crippen molar-refractivity contribution >= 4 is 11.8 Å². The van der Waals surface area contributed by atoms with E-state index >= 15 is 0 Å². The van der Waals surface area contributed by atoms with Crippen LogP contribution in [0.5, 0.6) is 0 Å². The summed E-state index contributed by atoms with van der Waals surface area (Å²) in [5.74, 6) is -0.0825. The Balaban J connectivity index is 1.73. The van der Waals surface area contributed by atoms with Gasteiger partial charge in [0.2, 0.25) is 5.43 Å². The van der Waals surface area contributed by atoms with Crippen LogP contribution in [0.15, 0.2) is 70.3 Å². The van der Waals surface area contributed by atoms with Crippen molar-refractivity contribution in [3.8, 4) is 0 Å². The maximum Gasteiger partial charge on any atom is 0.259 e. The Morgan fingerprint density at radius 2 is 1.74 bits per heavy atom. The fourth-order valence-corrected chi connectivity index (χ4v) is 4.79. The van der Waals surface area contributed by atoms with Crippen LogP contribution < -0.4 is 10.7 Å². The van der Waals surface area contributed by atoms with Crippen molar-refractivity contribution in [2.45, 2.75) is 51.6 Å². The molecule has 0 radical (unpaired) electrons. The van der Waals surface area contributed by atoms with Crippen molar-refractivity contribution in [3.63, 3.8) is 0 Å². The van der Waals surface area contributed by atoms with Gasteiger partial charge in [-0.25, -0.2) is 0 Å². The van der Waals surface area contributed by atoms with Gasteiger partial charge in [-0.05, 0) is 36.5 Å². The van der Waals surface area contributed by atoms with E-state index in [9.17, 15) is 14.4 Å². The largest absolute Gasteiger partial charge is 0.467 e. The summed E-state index contributed by atoms with van der Waals surface area (Å²) in [4.78, 5) is 41.8. The molecule has 2 amide bonds. The third-order valence-electron chi connectivity index (χ3n) is 6.49. The molecule has 1 aliphatic carbocycles. The van der Waals surface area contributed by atoms with E-state index in [1.165, 1.54) is 0 Å². The molecule has 184 valence electrons. The minimum absolute atomic E-state index is 0.0296. The van der Waals surface area contributed by atoms with E-state index in [4.69, 9.17) is 4.42 Å². The van der Waals surface area contributed by atoms with Crippen molar-refractivity contribution in [2.24, 2.45) is 5.92 Å². The predicted molar refractivity (Wildman–Crippen MR) is 134 cm³/mol. The molecule has 2 heterocycles. The first-order valence-electron chi connectivity index (χ1n) is 12.3. The molecule has 1 N–H and O–H groups in total. The van der Waals surface area contributed by atoms with Crippen molar-refractivity contribution in [2.75, 3.05) is 13.6 Å². The van der Waals surface area contributed by atoms with Gasteiger partial charge in [-0.1, -0.05) is 57.0 Å². The summed E-state index contributed by atoms with van der Waals surface area (Å²) in [5.41, 5.74) is 0.273.